The van der Waals surface area contributed by atoms with E-state index < -0.39 is 10.0 Å². The summed E-state index contributed by atoms with van der Waals surface area (Å²) in [5.41, 5.74) is 5.83. The third kappa shape index (κ3) is 3.51. The van der Waals surface area contributed by atoms with Crippen LogP contribution in [0.25, 0.3) is 0 Å². The minimum atomic E-state index is -3.62. The zero-order valence-electron chi connectivity index (χ0n) is 16.5. The highest BCUT2D eigenvalue weighted by Gasteiger charge is 2.32. The second-order valence-corrected chi connectivity index (χ2v) is 8.95. The van der Waals surface area contributed by atoms with Crippen LogP contribution in [0.5, 0.6) is 0 Å². The van der Waals surface area contributed by atoms with Crippen molar-refractivity contribution in [2.24, 2.45) is 7.05 Å². The molecule has 1 aromatic carbocycles. The third-order valence-corrected chi connectivity index (χ3v) is 7.47. The van der Waals surface area contributed by atoms with E-state index >= 15 is 0 Å². The van der Waals surface area contributed by atoms with Gasteiger partial charge in [0.05, 0.1) is 11.1 Å². The van der Waals surface area contributed by atoms with E-state index in [0.29, 0.717) is 11.4 Å². The molecule has 0 aliphatic rings. The first-order valence-corrected chi connectivity index (χ1v) is 9.98. The molecule has 0 amide bonds. The van der Waals surface area contributed by atoms with E-state index in [9.17, 15) is 8.42 Å². The Kier molecular flexibility index (Phi) is 5.44. The second-order valence-electron chi connectivity index (χ2n) is 7.12. The summed E-state index contributed by atoms with van der Waals surface area (Å²) in [6.45, 7) is 14.0. The Hall–Kier alpha value is -1.66. The van der Waals surface area contributed by atoms with Crippen molar-refractivity contribution in [1.29, 1.82) is 0 Å². The van der Waals surface area contributed by atoms with Crippen molar-refractivity contribution in [2.45, 2.75) is 65.9 Å². The first-order chi connectivity index (χ1) is 11.5. The van der Waals surface area contributed by atoms with Crippen molar-refractivity contribution in [3.05, 3.63) is 45.8 Å². The lowest BCUT2D eigenvalue weighted by Crippen LogP contribution is -2.37. The van der Waals surface area contributed by atoms with E-state index in [1.54, 1.807) is 15.2 Å². The molecule has 0 N–H and O–H groups in total. The quantitative estimate of drug-likeness (QED) is 0.816. The molecule has 138 valence electrons. The van der Waals surface area contributed by atoms with Crippen molar-refractivity contribution in [2.75, 3.05) is 0 Å². The molecule has 1 aromatic heterocycles. The van der Waals surface area contributed by atoms with Crippen molar-refractivity contribution in [3.63, 3.8) is 0 Å². The summed E-state index contributed by atoms with van der Waals surface area (Å²) in [4.78, 5) is 0.450. The SMILES string of the molecule is Cc1c(C)c(C)c(S(=O)(=O)N(Cc2cnn(C)c2)C(C)C)c(C)c1C. The maximum absolute atomic E-state index is 13.5. The molecule has 0 unspecified atom stereocenters. The lowest BCUT2D eigenvalue weighted by molar-refractivity contribution is 0.347. The van der Waals surface area contributed by atoms with Crippen LogP contribution in [-0.2, 0) is 23.6 Å². The van der Waals surface area contributed by atoms with Gasteiger partial charge in [-0.05, 0) is 76.3 Å². The van der Waals surface area contributed by atoms with Crippen LogP contribution in [0.2, 0.25) is 0 Å². The van der Waals surface area contributed by atoms with E-state index in [0.717, 1.165) is 33.4 Å². The highest BCUT2D eigenvalue weighted by Crippen LogP contribution is 2.32. The van der Waals surface area contributed by atoms with Gasteiger partial charge >= 0.3 is 0 Å². The van der Waals surface area contributed by atoms with Crippen LogP contribution >= 0.6 is 0 Å². The Bertz CT molecular complexity index is 867. The number of nitrogens with zero attached hydrogens (tertiary/aromatic N) is 3. The minimum absolute atomic E-state index is 0.147. The molecule has 0 atom stereocenters. The highest BCUT2D eigenvalue weighted by molar-refractivity contribution is 7.89. The largest absolute Gasteiger partial charge is 0.275 e. The Morgan fingerprint density at radius 2 is 1.48 bits per heavy atom. The number of aromatic nitrogens is 2. The Balaban J connectivity index is 2.62. The Labute approximate surface area is 151 Å². The lowest BCUT2D eigenvalue weighted by Gasteiger charge is -2.28. The zero-order chi connectivity index (χ0) is 19.1. The molecule has 6 heteroatoms. The third-order valence-electron chi connectivity index (χ3n) is 5.17. The average molecular weight is 364 g/mol. The summed E-state index contributed by atoms with van der Waals surface area (Å²) >= 11 is 0. The van der Waals surface area contributed by atoms with Gasteiger partial charge in [0.25, 0.3) is 0 Å². The predicted octanol–water partition coefficient (Wildman–Crippen LogP) is 3.56. The van der Waals surface area contributed by atoms with Crippen LogP contribution < -0.4 is 0 Å². The molecular weight excluding hydrogens is 334 g/mol. The molecule has 5 nitrogen and oxygen atoms in total. The summed E-state index contributed by atoms with van der Waals surface area (Å²) in [5, 5.41) is 4.15. The van der Waals surface area contributed by atoms with E-state index in [4.69, 9.17) is 0 Å². The first-order valence-electron chi connectivity index (χ1n) is 8.54. The average Bonchev–Trinajstić information content (AvgIpc) is 2.93. The molecule has 0 saturated carbocycles. The second kappa shape index (κ2) is 6.92. The van der Waals surface area contributed by atoms with Gasteiger partial charge in [-0.15, -0.1) is 0 Å². The normalized spacial score (nSPS) is 12.4. The number of hydrogen-bond donors (Lipinski definition) is 0. The monoisotopic (exact) mass is 363 g/mol. The fraction of sp³-hybridized carbons (Fsp3) is 0.526. The van der Waals surface area contributed by atoms with Gasteiger partial charge in [-0.1, -0.05) is 0 Å². The zero-order valence-corrected chi connectivity index (χ0v) is 17.3. The van der Waals surface area contributed by atoms with Crippen molar-refractivity contribution in [3.8, 4) is 0 Å². The van der Waals surface area contributed by atoms with Gasteiger partial charge < -0.3 is 0 Å². The fourth-order valence-corrected chi connectivity index (χ4v) is 5.44. The van der Waals surface area contributed by atoms with Gasteiger partial charge in [-0.25, -0.2) is 8.42 Å². The van der Waals surface area contributed by atoms with Gasteiger partial charge in [-0.2, -0.15) is 9.40 Å². The predicted molar refractivity (Wildman–Crippen MR) is 101 cm³/mol. The maximum Gasteiger partial charge on any atom is 0.244 e. The maximum atomic E-state index is 13.5. The molecule has 0 aliphatic heterocycles. The van der Waals surface area contributed by atoms with Gasteiger partial charge in [0.2, 0.25) is 10.0 Å². The molecular formula is C19H29N3O2S. The number of hydrogen-bond acceptors (Lipinski definition) is 3. The summed E-state index contributed by atoms with van der Waals surface area (Å²) in [6, 6.07) is -0.147. The van der Waals surface area contributed by atoms with Crippen molar-refractivity contribution >= 4 is 10.0 Å². The summed E-state index contributed by atoms with van der Waals surface area (Å²) in [7, 11) is -1.78. The van der Waals surface area contributed by atoms with E-state index in [2.05, 4.69) is 12.0 Å². The molecule has 0 saturated heterocycles. The molecule has 0 fully saturated rings. The lowest BCUT2D eigenvalue weighted by atomic mass is 9.95. The van der Waals surface area contributed by atoms with Crippen LogP contribution in [-0.4, -0.2) is 28.5 Å². The number of aryl methyl sites for hydroxylation is 1. The molecule has 0 bridgehead atoms. The summed E-state index contributed by atoms with van der Waals surface area (Å²) in [5.74, 6) is 0. The Morgan fingerprint density at radius 1 is 1.00 bits per heavy atom. The van der Waals surface area contributed by atoms with Crippen molar-refractivity contribution in [1.82, 2.24) is 14.1 Å². The van der Waals surface area contributed by atoms with Crippen LogP contribution in [0, 0.1) is 34.6 Å². The first kappa shape index (κ1) is 19.7. The van der Waals surface area contributed by atoms with Crippen LogP contribution in [0.1, 0.15) is 47.2 Å². The molecule has 0 spiro atoms. The molecule has 2 rings (SSSR count). The number of benzene rings is 1. The number of rotatable bonds is 5. The van der Waals surface area contributed by atoms with Gasteiger partial charge in [0, 0.05) is 31.4 Å². The smallest absolute Gasteiger partial charge is 0.244 e. The van der Waals surface area contributed by atoms with E-state index in [1.807, 2.05) is 54.8 Å². The minimum Gasteiger partial charge on any atom is -0.275 e. The van der Waals surface area contributed by atoms with E-state index in [-0.39, 0.29) is 6.04 Å². The molecule has 0 radical (unpaired) electrons. The highest BCUT2D eigenvalue weighted by atomic mass is 32.2. The molecule has 1 heterocycles. The van der Waals surface area contributed by atoms with E-state index in [1.165, 1.54) is 0 Å². The standard InChI is InChI=1S/C19H29N3O2S/c1-12(2)22(11-18-9-20-21(8)10-18)25(23,24)19-16(6)14(4)13(3)15(5)17(19)7/h9-10,12H,11H2,1-8H3. The molecule has 0 aliphatic carbocycles. The summed E-state index contributed by atoms with van der Waals surface area (Å²) in [6.07, 6.45) is 3.58. The van der Waals surface area contributed by atoms with Gasteiger partial charge in [-0.3, -0.25) is 4.68 Å². The summed E-state index contributed by atoms with van der Waals surface area (Å²) < 4.78 is 30.3. The van der Waals surface area contributed by atoms with Gasteiger partial charge in [0.1, 0.15) is 0 Å². The number of sulfonamides is 1. The van der Waals surface area contributed by atoms with Crippen molar-refractivity contribution < 1.29 is 8.42 Å². The van der Waals surface area contributed by atoms with Gasteiger partial charge in [0.15, 0.2) is 0 Å². The topological polar surface area (TPSA) is 55.2 Å². The molecule has 25 heavy (non-hydrogen) atoms. The van der Waals surface area contributed by atoms with Crippen LogP contribution in [0.3, 0.4) is 0 Å². The van der Waals surface area contributed by atoms with Crippen LogP contribution in [0.4, 0.5) is 0 Å². The van der Waals surface area contributed by atoms with Crippen LogP contribution in [0.15, 0.2) is 17.3 Å². The Morgan fingerprint density at radius 3 is 1.88 bits per heavy atom. The molecule has 2 aromatic rings. The fourth-order valence-electron chi connectivity index (χ4n) is 3.25.